The molecular formula is C26H28ClN7OS. The van der Waals surface area contributed by atoms with E-state index in [-0.39, 0.29) is 0 Å². The van der Waals surface area contributed by atoms with Gasteiger partial charge >= 0.3 is 0 Å². The Labute approximate surface area is 220 Å². The highest BCUT2D eigenvalue weighted by molar-refractivity contribution is 7.99. The Morgan fingerprint density at radius 1 is 1.22 bits per heavy atom. The zero-order valence-corrected chi connectivity index (χ0v) is 22.2. The van der Waals surface area contributed by atoms with Gasteiger partial charge in [0, 0.05) is 48.2 Å². The van der Waals surface area contributed by atoms with Crippen LogP contribution in [0, 0.1) is 11.3 Å². The molecular weight excluding hydrogens is 494 g/mol. The van der Waals surface area contributed by atoms with Crippen molar-refractivity contribution in [1.82, 2.24) is 19.4 Å². The quantitative estimate of drug-likeness (QED) is 0.254. The summed E-state index contributed by atoms with van der Waals surface area (Å²) in [6, 6.07) is 11.9. The Hall–Kier alpha value is -3.45. The van der Waals surface area contributed by atoms with E-state index in [0.717, 1.165) is 46.3 Å². The molecule has 10 heteroatoms. The number of halogens is 1. The number of imidazole rings is 1. The van der Waals surface area contributed by atoms with E-state index in [2.05, 4.69) is 45.7 Å². The zero-order chi connectivity index (χ0) is 25.7. The average Bonchev–Trinajstić information content (AvgIpc) is 3.27. The number of pyridine rings is 1. The highest BCUT2D eigenvalue weighted by Crippen LogP contribution is 2.39. The van der Waals surface area contributed by atoms with E-state index in [1.54, 1.807) is 19.5 Å². The van der Waals surface area contributed by atoms with Gasteiger partial charge in [-0.05, 0) is 57.4 Å². The molecule has 0 aliphatic carbocycles. The summed E-state index contributed by atoms with van der Waals surface area (Å²) in [5.74, 6) is 0.643. The van der Waals surface area contributed by atoms with Crippen LogP contribution in [0.3, 0.4) is 0 Å². The van der Waals surface area contributed by atoms with E-state index in [1.807, 2.05) is 48.1 Å². The first kappa shape index (κ1) is 25.6. The first-order valence-electron chi connectivity index (χ1n) is 11.4. The standard InChI is InChI=1S/C26H28ClN7OS/c1-33(2)12-5-10-29-21-8-7-19-23(17(15-28)16-31-24(19)25(21)35-4)32-18-6-9-22(20(27)14-18)36-26-30-11-13-34(26)3/h6-9,11,13-14,16,29H,5,10,12H2,1-4H3,(H,31,32). The molecule has 0 amide bonds. The van der Waals surface area contributed by atoms with E-state index < -0.39 is 0 Å². The molecule has 0 bridgehead atoms. The lowest BCUT2D eigenvalue weighted by Gasteiger charge is -2.17. The summed E-state index contributed by atoms with van der Waals surface area (Å²) in [7, 11) is 7.68. The number of benzene rings is 2. The van der Waals surface area contributed by atoms with Gasteiger partial charge in [-0.1, -0.05) is 23.4 Å². The molecule has 0 saturated carbocycles. The minimum Gasteiger partial charge on any atom is -0.492 e. The molecule has 2 N–H and O–H groups in total. The zero-order valence-electron chi connectivity index (χ0n) is 20.7. The Morgan fingerprint density at radius 3 is 2.72 bits per heavy atom. The predicted molar refractivity (Wildman–Crippen MR) is 147 cm³/mol. The average molecular weight is 522 g/mol. The van der Waals surface area contributed by atoms with E-state index >= 15 is 0 Å². The lowest BCUT2D eigenvalue weighted by Crippen LogP contribution is -2.16. The molecule has 2 heterocycles. The maximum Gasteiger partial charge on any atom is 0.172 e. The third-order valence-electron chi connectivity index (χ3n) is 5.59. The number of aromatic nitrogens is 3. The van der Waals surface area contributed by atoms with Crippen LogP contribution in [-0.2, 0) is 7.05 Å². The van der Waals surface area contributed by atoms with Crippen LogP contribution in [0.2, 0.25) is 5.02 Å². The largest absolute Gasteiger partial charge is 0.492 e. The Kier molecular flexibility index (Phi) is 8.21. The lowest BCUT2D eigenvalue weighted by molar-refractivity contribution is 0.404. The molecule has 36 heavy (non-hydrogen) atoms. The summed E-state index contributed by atoms with van der Waals surface area (Å²) in [4.78, 5) is 11.9. The number of rotatable bonds is 10. The van der Waals surface area contributed by atoms with Crippen molar-refractivity contribution in [2.75, 3.05) is 44.9 Å². The SMILES string of the molecule is COc1c(NCCCN(C)C)ccc2c(Nc3ccc(Sc4nccn4C)c(Cl)c3)c(C#N)cnc12. The van der Waals surface area contributed by atoms with E-state index in [4.69, 9.17) is 16.3 Å². The van der Waals surface area contributed by atoms with Crippen LogP contribution >= 0.6 is 23.4 Å². The van der Waals surface area contributed by atoms with Crippen molar-refractivity contribution in [3.8, 4) is 11.8 Å². The van der Waals surface area contributed by atoms with Gasteiger partial charge in [-0.25, -0.2) is 4.98 Å². The van der Waals surface area contributed by atoms with Crippen molar-refractivity contribution in [2.24, 2.45) is 7.05 Å². The molecule has 0 atom stereocenters. The maximum atomic E-state index is 9.78. The topological polar surface area (TPSA) is 91.0 Å². The molecule has 0 aliphatic rings. The van der Waals surface area contributed by atoms with E-state index in [1.165, 1.54) is 11.8 Å². The molecule has 4 aromatic rings. The fourth-order valence-corrected chi connectivity index (χ4v) is 4.88. The number of hydrogen-bond acceptors (Lipinski definition) is 8. The molecule has 0 radical (unpaired) electrons. The summed E-state index contributed by atoms with van der Waals surface area (Å²) >= 11 is 8.09. The van der Waals surface area contributed by atoms with Crippen molar-refractivity contribution in [1.29, 1.82) is 5.26 Å². The lowest BCUT2D eigenvalue weighted by atomic mass is 10.1. The molecule has 2 aromatic heterocycles. The maximum absolute atomic E-state index is 9.78. The summed E-state index contributed by atoms with van der Waals surface area (Å²) < 4.78 is 7.67. The van der Waals surface area contributed by atoms with Crippen LogP contribution < -0.4 is 15.4 Å². The molecule has 0 aliphatic heterocycles. The Morgan fingerprint density at radius 2 is 2.06 bits per heavy atom. The number of methoxy groups -OCH3 is 1. The smallest absolute Gasteiger partial charge is 0.172 e. The van der Waals surface area contributed by atoms with Crippen LogP contribution in [0.15, 0.2) is 59.0 Å². The van der Waals surface area contributed by atoms with Crippen molar-refractivity contribution >= 4 is 51.3 Å². The number of nitrogens with one attached hydrogen (secondary N) is 2. The first-order chi connectivity index (χ1) is 17.4. The highest BCUT2D eigenvalue weighted by atomic mass is 35.5. The number of fused-ring (bicyclic) bond motifs is 1. The van der Waals surface area contributed by atoms with Gasteiger partial charge in [0.05, 0.1) is 29.1 Å². The number of nitriles is 1. The van der Waals surface area contributed by atoms with Crippen LogP contribution in [0.4, 0.5) is 17.1 Å². The van der Waals surface area contributed by atoms with Gasteiger partial charge in [-0.15, -0.1) is 0 Å². The number of aryl methyl sites for hydroxylation is 1. The van der Waals surface area contributed by atoms with Crippen molar-refractivity contribution in [3.05, 3.63) is 59.5 Å². The second-order valence-corrected chi connectivity index (χ2v) is 9.89. The highest BCUT2D eigenvalue weighted by Gasteiger charge is 2.16. The minimum absolute atomic E-state index is 0.429. The Bertz CT molecular complexity index is 1410. The molecule has 4 rings (SSSR count). The normalized spacial score (nSPS) is 11.0. The van der Waals surface area contributed by atoms with Crippen molar-refractivity contribution in [3.63, 3.8) is 0 Å². The number of anilines is 3. The van der Waals surface area contributed by atoms with Crippen LogP contribution in [-0.4, -0.2) is 53.7 Å². The van der Waals surface area contributed by atoms with Crippen LogP contribution in [0.25, 0.3) is 10.9 Å². The first-order valence-corrected chi connectivity index (χ1v) is 12.6. The molecule has 0 unspecified atom stereocenters. The molecule has 8 nitrogen and oxygen atoms in total. The predicted octanol–water partition coefficient (Wildman–Crippen LogP) is 5.76. The van der Waals surface area contributed by atoms with E-state index in [9.17, 15) is 5.26 Å². The summed E-state index contributed by atoms with van der Waals surface area (Å²) in [6.07, 6.45) is 6.21. The minimum atomic E-state index is 0.429. The fraction of sp³-hybridized carbons (Fsp3) is 0.269. The third kappa shape index (κ3) is 5.68. The Balaban J connectivity index is 1.64. The number of ether oxygens (including phenoxy) is 1. The molecule has 0 spiro atoms. The van der Waals surface area contributed by atoms with Gasteiger partial charge in [-0.2, -0.15) is 5.26 Å². The van der Waals surface area contributed by atoms with E-state index in [0.29, 0.717) is 27.5 Å². The fourth-order valence-electron chi connectivity index (χ4n) is 3.78. The second-order valence-electron chi connectivity index (χ2n) is 8.48. The summed E-state index contributed by atoms with van der Waals surface area (Å²) in [5.41, 5.74) is 3.38. The number of nitrogens with zero attached hydrogens (tertiary/aromatic N) is 5. The molecule has 2 aromatic carbocycles. The molecule has 186 valence electrons. The number of hydrogen-bond donors (Lipinski definition) is 2. The summed E-state index contributed by atoms with van der Waals surface area (Å²) in [6.45, 7) is 1.80. The van der Waals surface area contributed by atoms with Gasteiger partial charge in [-0.3, -0.25) is 4.98 Å². The van der Waals surface area contributed by atoms with Gasteiger partial charge in [0.1, 0.15) is 11.6 Å². The van der Waals surface area contributed by atoms with Gasteiger partial charge in [0.15, 0.2) is 10.9 Å². The van der Waals surface area contributed by atoms with Crippen molar-refractivity contribution < 1.29 is 4.74 Å². The molecule has 0 saturated heterocycles. The molecule has 0 fully saturated rings. The second kappa shape index (κ2) is 11.5. The van der Waals surface area contributed by atoms with Gasteiger partial charge < -0.3 is 24.8 Å². The van der Waals surface area contributed by atoms with Gasteiger partial charge in [0.25, 0.3) is 0 Å². The van der Waals surface area contributed by atoms with Gasteiger partial charge in [0.2, 0.25) is 0 Å². The van der Waals surface area contributed by atoms with Crippen LogP contribution in [0.1, 0.15) is 12.0 Å². The summed E-state index contributed by atoms with van der Waals surface area (Å²) in [5, 5.41) is 18.8. The van der Waals surface area contributed by atoms with Crippen molar-refractivity contribution in [2.45, 2.75) is 16.5 Å². The van der Waals surface area contributed by atoms with Crippen LogP contribution in [0.5, 0.6) is 5.75 Å². The monoisotopic (exact) mass is 521 g/mol. The third-order valence-corrected chi connectivity index (χ3v) is 7.17.